The number of piperidine rings is 2. The molecule has 0 unspecified atom stereocenters. The van der Waals surface area contributed by atoms with Gasteiger partial charge >= 0.3 is 0 Å². The quantitative estimate of drug-likeness (QED) is 0.889. The molecule has 3 nitrogen and oxygen atoms in total. The lowest BCUT2D eigenvalue weighted by Gasteiger charge is -2.28. The van der Waals surface area contributed by atoms with E-state index < -0.39 is 0 Å². The van der Waals surface area contributed by atoms with Gasteiger partial charge in [0, 0.05) is 12.1 Å². The molecule has 0 saturated carbocycles. The Bertz CT molecular complexity index is 435. The van der Waals surface area contributed by atoms with Gasteiger partial charge in [0.2, 0.25) is 0 Å². The molecule has 0 aromatic heterocycles. The minimum atomic E-state index is 0.466. The molecule has 110 valence electrons. The molecule has 2 N–H and O–H groups in total. The lowest BCUT2D eigenvalue weighted by Crippen LogP contribution is -2.29. The molecule has 3 rings (SSSR count). The van der Waals surface area contributed by atoms with E-state index in [-0.39, 0.29) is 0 Å². The fourth-order valence-corrected chi connectivity index (χ4v) is 3.50. The van der Waals surface area contributed by atoms with Crippen LogP contribution in [-0.4, -0.2) is 36.2 Å². The van der Waals surface area contributed by atoms with E-state index >= 15 is 0 Å². The summed E-state index contributed by atoms with van der Waals surface area (Å²) in [6.45, 7) is 5.50. The van der Waals surface area contributed by atoms with Crippen molar-refractivity contribution in [2.75, 3.05) is 26.2 Å². The first-order valence-electron chi connectivity index (χ1n) is 8.08. The fourth-order valence-electron chi connectivity index (χ4n) is 3.50. The van der Waals surface area contributed by atoms with Crippen LogP contribution >= 0.6 is 0 Å². The molecule has 0 bridgehead atoms. The smallest absolute Gasteiger partial charge is 0.120 e. The minimum absolute atomic E-state index is 0.466. The van der Waals surface area contributed by atoms with Crippen LogP contribution in [0.3, 0.4) is 0 Å². The number of likely N-dealkylation sites (tertiary alicyclic amines) is 1. The summed E-state index contributed by atoms with van der Waals surface area (Å²) in [6.07, 6.45) is 6.39. The van der Waals surface area contributed by atoms with Gasteiger partial charge in [-0.25, -0.2) is 0 Å². The molecule has 2 fully saturated rings. The SMILES string of the molecule is Oc1ccc(C2CCNCC2)cc1CN1CCCCC1. The van der Waals surface area contributed by atoms with Gasteiger partial charge in [-0.15, -0.1) is 0 Å². The first-order valence-corrected chi connectivity index (χ1v) is 8.08. The molecule has 0 aliphatic carbocycles. The Morgan fingerprint density at radius 2 is 1.85 bits per heavy atom. The third-order valence-corrected chi connectivity index (χ3v) is 4.76. The van der Waals surface area contributed by atoms with Crippen LogP contribution in [0.25, 0.3) is 0 Å². The van der Waals surface area contributed by atoms with Crippen LogP contribution in [-0.2, 0) is 6.54 Å². The fraction of sp³-hybridized carbons (Fsp3) is 0.647. The number of phenolic OH excluding ortho intramolecular Hbond substituents is 1. The van der Waals surface area contributed by atoms with E-state index in [4.69, 9.17) is 0 Å². The number of hydrogen-bond donors (Lipinski definition) is 2. The molecule has 2 aliphatic rings. The van der Waals surface area contributed by atoms with Crippen molar-refractivity contribution >= 4 is 0 Å². The Balaban J connectivity index is 1.72. The normalized spacial score (nSPS) is 22.0. The molecule has 0 radical (unpaired) electrons. The van der Waals surface area contributed by atoms with Gasteiger partial charge in [-0.1, -0.05) is 18.6 Å². The molecule has 2 heterocycles. The van der Waals surface area contributed by atoms with Gasteiger partial charge in [0.25, 0.3) is 0 Å². The Labute approximate surface area is 122 Å². The maximum Gasteiger partial charge on any atom is 0.120 e. The molecule has 0 spiro atoms. The number of hydrogen-bond acceptors (Lipinski definition) is 3. The number of aromatic hydroxyl groups is 1. The molecule has 20 heavy (non-hydrogen) atoms. The van der Waals surface area contributed by atoms with E-state index in [9.17, 15) is 5.11 Å². The van der Waals surface area contributed by atoms with Crippen molar-refractivity contribution in [2.45, 2.75) is 44.6 Å². The van der Waals surface area contributed by atoms with Crippen molar-refractivity contribution in [3.8, 4) is 5.75 Å². The van der Waals surface area contributed by atoms with E-state index in [0.29, 0.717) is 11.7 Å². The summed E-state index contributed by atoms with van der Waals surface area (Å²) >= 11 is 0. The monoisotopic (exact) mass is 274 g/mol. The van der Waals surface area contributed by atoms with Crippen molar-refractivity contribution in [2.24, 2.45) is 0 Å². The van der Waals surface area contributed by atoms with E-state index in [2.05, 4.69) is 22.3 Å². The highest BCUT2D eigenvalue weighted by Gasteiger charge is 2.18. The van der Waals surface area contributed by atoms with Crippen LogP contribution in [0, 0.1) is 0 Å². The van der Waals surface area contributed by atoms with Gasteiger partial charge < -0.3 is 10.4 Å². The second-order valence-corrected chi connectivity index (χ2v) is 6.25. The highest BCUT2D eigenvalue weighted by Crippen LogP contribution is 2.30. The molecule has 2 aliphatic heterocycles. The molecule has 3 heteroatoms. The first kappa shape index (κ1) is 13.9. The Kier molecular flexibility index (Phi) is 4.58. The van der Waals surface area contributed by atoms with E-state index in [1.165, 1.54) is 50.8 Å². The number of nitrogens with one attached hydrogen (secondary N) is 1. The summed E-state index contributed by atoms with van der Waals surface area (Å²) in [6, 6.07) is 6.27. The molecule has 1 aromatic rings. The summed E-state index contributed by atoms with van der Waals surface area (Å²) in [5.74, 6) is 1.13. The molecule has 1 aromatic carbocycles. The van der Waals surface area contributed by atoms with Crippen LogP contribution in [0.2, 0.25) is 0 Å². The second-order valence-electron chi connectivity index (χ2n) is 6.25. The summed E-state index contributed by atoms with van der Waals surface area (Å²) < 4.78 is 0. The predicted octanol–water partition coefficient (Wildman–Crippen LogP) is 2.85. The number of phenols is 1. The summed E-state index contributed by atoms with van der Waals surface area (Å²) in [5, 5.41) is 13.5. The van der Waals surface area contributed by atoms with Crippen molar-refractivity contribution in [1.82, 2.24) is 10.2 Å². The van der Waals surface area contributed by atoms with Crippen LogP contribution < -0.4 is 5.32 Å². The molecule has 2 saturated heterocycles. The summed E-state index contributed by atoms with van der Waals surface area (Å²) in [5.41, 5.74) is 2.53. The Hall–Kier alpha value is -1.06. The van der Waals surface area contributed by atoms with Gasteiger partial charge in [0.15, 0.2) is 0 Å². The molecular formula is C17H26N2O. The van der Waals surface area contributed by atoms with E-state index in [0.717, 1.165) is 25.2 Å². The van der Waals surface area contributed by atoms with Crippen molar-refractivity contribution in [1.29, 1.82) is 0 Å². The third kappa shape index (κ3) is 3.33. The molecule has 0 atom stereocenters. The van der Waals surface area contributed by atoms with Gasteiger partial charge in [0.05, 0.1) is 0 Å². The summed E-state index contributed by atoms with van der Waals surface area (Å²) in [4.78, 5) is 2.48. The number of benzene rings is 1. The zero-order chi connectivity index (χ0) is 13.8. The second kappa shape index (κ2) is 6.59. The van der Waals surface area contributed by atoms with Crippen molar-refractivity contribution in [3.05, 3.63) is 29.3 Å². The zero-order valence-electron chi connectivity index (χ0n) is 12.3. The minimum Gasteiger partial charge on any atom is -0.508 e. The zero-order valence-corrected chi connectivity index (χ0v) is 12.3. The van der Waals surface area contributed by atoms with Gasteiger partial charge in [0.1, 0.15) is 5.75 Å². The maximum atomic E-state index is 10.1. The highest BCUT2D eigenvalue weighted by atomic mass is 16.3. The van der Waals surface area contributed by atoms with E-state index in [1.807, 2.05) is 6.07 Å². The van der Waals surface area contributed by atoms with E-state index in [1.54, 1.807) is 0 Å². The predicted molar refractivity (Wildman–Crippen MR) is 82.1 cm³/mol. The van der Waals surface area contributed by atoms with Crippen LogP contribution in [0.1, 0.15) is 49.1 Å². The van der Waals surface area contributed by atoms with Crippen LogP contribution in [0.15, 0.2) is 18.2 Å². The van der Waals surface area contributed by atoms with Crippen LogP contribution in [0.5, 0.6) is 5.75 Å². The van der Waals surface area contributed by atoms with Gasteiger partial charge in [-0.05, 0) is 69.4 Å². The number of rotatable bonds is 3. The lowest BCUT2D eigenvalue weighted by molar-refractivity contribution is 0.218. The third-order valence-electron chi connectivity index (χ3n) is 4.76. The average molecular weight is 274 g/mol. The lowest BCUT2D eigenvalue weighted by atomic mass is 9.89. The summed E-state index contributed by atoms with van der Waals surface area (Å²) in [7, 11) is 0. The topological polar surface area (TPSA) is 35.5 Å². The van der Waals surface area contributed by atoms with Crippen LogP contribution in [0.4, 0.5) is 0 Å². The maximum absolute atomic E-state index is 10.1. The standard InChI is InChI=1S/C17H26N2O/c20-17-5-4-15(14-6-8-18-9-7-14)12-16(17)13-19-10-2-1-3-11-19/h4-5,12,14,18,20H,1-3,6-11,13H2. The average Bonchev–Trinajstić information content (AvgIpc) is 2.51. The largest absolute Gasteiger partial charge is 0.508 e. The molecular weight excluding hydrogens is 248 g/mol. The van der Waals surface area contributed by atoms with Crippen molar-refractivity contribution in [3.63, 3.8) is 0 Å². The van der Waals surface area contributed by atoms with Gasteiger partial charge in [-0.2, -0.15) is 0 Å². The van der Waals surface area contributed by atoms with Crippen molar-refractivity contribution < 1.29 is 5.11 Å². The Morgan fingerprint density at radius 3 is 2.60 bits per heavy atom. The molecule has 0 amide bonds. The number of nitrogens with zero attached hydrogens (tertiary/aromatic N) is 1. The highest BCUT2D eigenvalue weighted by molar-refractivity contribution is 5.37. The Morgan fingerprint density at radius 1 is 1.10 bits per heavy atom. The first-order chi connectivity index (χ1) is 9.83. The van der Waals surface area contributed by atoms with Gasteiger partial charge in [-0.3, -0.25) is 4.90 Å².